The molecule has 0 aliphatic heterocycles. The van der Waals surface area contributed by atoms with Gasteiger partial charge >= 0.3 is 10.2 Å². The van der Waals surface area contributed by atoms with Gasteiger partial charge in [-0.15, -0.1) is 0 Å². The summed E-state index contributed by atoms with van der Waals surface area (Å²) in [6.45, 7) is 4.00. The average molecular weight is 486 g/mol. The molecule has 0 amide bonds. The molecule has 0 saturated heterocycles. The van der Waals surface area contributed by atoms with Crippen molar-refractivity contribution in [2.75, 3.05) is 26.0 Å². The van der Waals surface area contributed by atoms with E-state index in [4.69, 9.17) is 16.6 Å². The quantitative estimate of drug-likeness (QED) is 0.402. The van der Waals surface area contributed by atoms with Crippen molar-refractivity contribution in [3.63, 3.8) is 0 Å². The number of rotatable bonds is 5. The van der Waals surface area contributed by atoms with Crippen LogP contribution in [0.5, 0.6) is 0 Å². The summed E-state index contributed by atoms with van der Waals surface area (Å²) in [5.41, 5.74) is 3.92. The highest BCUT2D eigenvalue weighted by molar-refractivity contribution is 7.87. The zero-order valence-electron chi connectivity index (χ0n) is 18.8. The Morgan fingerprint density at radius 2 is 1.88 bits per heavy atom. The minimum absolute atomic E-state index is 0.253. The van der Waals surface area contributed by atoms with E-state index in [9.17, 15) is 8.42 Å². The first-order chi connectivity index (χ1) is 15.6. The van der Waals surface area contributed by atoms with Gasteiger partial charge in [-0.1, -0.05) is 29.8 Å². The highest BCUT2D eigenvalue weighted by Crippen LogP contribution is 2.39. The summed E-state index contributed by atoms with van der Waals surface area (Å²) >= 11 is 6.75. The van der Waals surface area contributed by atoms with E-state index in [1.54, 1.807) is 17.1 Å². The van der Waals surface area contributed by atoms with Crippen molar-refractivity contribution in [1.82, 2.24) is 28.0 Å². The number of aromatic nitrogens is 5. The van der Waals surface area contributed by atoms with E-state index in [0.717, 1.165) is 28.0 Å². The molecule has 1 aliphatic rings. The summed E-state index contributed by atoms with van der Waals surface area (Å²) in [7, 11) is 2.89. The van der Waals surface area contributed by atoms with Crippen molar-refractivity contribution in [1.29, 1.82) is 0 Å². The fourth-order valence-electron chi connectivity index (χ4n) is 4.13. The van der Waals surface area contributed by atoms with Gasteiger partial charge in [0.25, 0.3) is 0 Å². The van der Waals surface area contributed by atoms with Gasteiger partial charge in [-0.05, 0) is 18.9 Å². The average Bonchev–Trinajstić information content (AvgIpc) is 3.31. The van der Waals surface area contributed by atoms with Crippen molar-refractivity contribution in [3.05, 3.63) is 47.9 Å². The third-order valence-corrected chi connectivity index (χ3v) is 8.25. The van der Waals surface area contributed by atoms with Crippen LogP contribution < -0.4 is 4.90 Å². The summed E-state index contributed by atoms with van der Waals surface area (Å²) in [5, 5.41) is 5.65. The van der Waals surface area contributed by atoms with Gasteiger partial charge < -0.3 is 4.90 Å². The van der Waals surface area contributed by atoms with Crippen LogP contribution in [0, 0.1) is 0 Å². The SMILES string of the molecule is C=C1CC(N(C)c2cnc3c(-c4ccc5nn(C)cc5c4Cl)cn(S(=O)(=O)N(C)C)c3n2)C1. The van der Waals surface area contributed by atoms with Crippen LogP contribution in [0.25, 0.3) is 33.2 Å². The number of hydrogen-bond donors (Lipinski definition) is 0. The Kier molecular flexibility index (Phi) is 5.00. The first-order valence-corrected chi connectivity index (χ1v) is 12.2. The molecular weight excluding hydrogens is 462 g/mol. The van der Waals surface area contributed by atoms with E-state index in [-0.39, 0.29) is 11.7 Å². The molecule has 1 aromatic carbocycles. The number of aryl methyl sites for hydroxylation is 1. The van der Waals surface area contributed by atoms with Crippen molar-refractivity contribution < 1.29 is 8.42 Å². The molecule has 0 spiro atoms. The number of nitrogens with zero attached hydrogens (tertiary/aromatic N) is 7. The Balaban J connectivity index is 1.73. The number of halogens is 1. The maximum absolute atomic E-state index is 13.2. The van der Waals surface area contributed by atoms with Crippen molar-refractivity contribution in [2.45, 2.75) is 18.9 Å². The van der Waals surface area contributed by atoms with Crippen LogP contribution in [-0.4, -0.2) is 63.6 Å². The second-order valence-corrected chi connectivity index (χ2v) is 11.0. The standard InChI is InChI=1S/C22H24ClN7O2S/c1-13-8-14(9-13)29(5)19-10-24-21-16(12-30(22(21)25-19)33(31,32)27(2)3)15-6-7-18-17(20(15)23)11-28(4)26-18/h6-7,10-12,14H,1,8-9H2,2-5H3. The lowest BCUT2D eigenvalue weighted by atomic mass is 9.87. The molecule has 3 aromatic heterocycles. The highest BCUT2D eigenvalue weighted by atomic mass is 35.5. The van der Waals surface area contributed by atoms with Gasteiger partial charge in [0, 0.05) is 63.1 Å². The van der Waals surface area contributed by atoms with Crippen molar-refractivity contribution in [3.8, 4) is 11.1 Å². The molecule has 1 aliphatic carbocycles. The maximum atomic E-state index is 13.2. The minimum Gasteiger partial charge on any atom is -0.355 e. The number of benzene rings is 1. The second kappa shape index (κ2) is 7.54. The summed E-state index contributed by atoms with van der Waals surface area (Å²) in [5.74, 6) is 0.605. The summed E-state index contributed by atoms with van der Waals surface area (Å²) in [6.07, 6.45) is 6.83. The molecule has 0 N–H and O–H groups in total. The number of fused-ring (bicyclic) bond motifs is 2. The molecule has 0 radical (unpaired) electrons. The molecule has 1 saturated carbocycles. The smallest absolute Gasteiger partial charge is 0.308 e. The van der Waals surface area contributed by atoms with Crippen LogP contribution in [0.1, 0.15) is 12.8 Å². The molecule has 0 bridgehead atoms. The molecule has 0 atom stereocenters. The molecule has 11 heteroatoms. The first-order valence-electron chi connectivity index (χ1n) is 10.4. The maximum Gasteiger partial charge on any atom is 0.308 e. The van der Waals surface area contributed by atoms with Crippen molar-refractivity contribution >= 4 is 49.7 Å². The third kappa shape index (κ3) is 3.40. The van der Waals surface area contributed by atoms with E-state index in [2.05, 4.69) is 16.7 Å². The van der Waals surface area contributed by atoms with Gasteiger partial charge in [0.2, 0.25) is 0 Å². The highest BCUT2D eigenvalue weighted by Gasteiger charge is 2.29. The van der Waals surface area contributed by atoms with Gasteiger partial charge in [0.1, 0.15) is 11.3 Å². The van der Waals surface area contributed by atoms with Gasteiger partial charge in [0.15, 0.2) is 5.65 Å². The Bertz CT molecular complexity index is 1530. The zero-order chi connectivity index (χ0) is 23.7. The monoisotopic (exact) mass is 485 g/mol. The van der Waals surface area contributed by atoms with Crippen LogP contribution in [-0.2, 0) is 17.3 Å². The molecule has 5 rings (SSSR count). The molecule has 1 fully saturated rings. The fraction of sp³-hybridized carbons (Fsp3) is 0.318. The van der Waals surface area contributed by atoms with E-state index in [0.29, 0.717) is 27.5 Å². The van der Waals surface area contributed by atoms with Crippen LogP contribution in [0.3, 0.4) is 0 Å². The summed E-state index contributed by atoms with van der Waals surface area (Å²) in [4.78, 5) is 11.4. The van der Waals surface area contributed by atoms with Gasteiger partial charge in [0.05, 0.1) is 16.7 Å². The topological polar surface area (TPSA) is 89.2 Å². The molecule has 0 unspecified atom stereocenters. The lowest BCUT2D eigenvalue weighted by molar-refractivity contribution is 0.510. The van der Waals surface area contributed by atoms with Crippen LogP contribution in [0.15, 0.2) is 42.9 Å². The normalized spacial score (nSPS) is 15.0. The van der Waals surface area contributed by atoms with Gasteiger partial charge in [-0.3, -0.25) is 4.68 Å². The molecule has 3 heterocycles. The summed E-state index contributed by atoms with van der Waals surface area (Å²) in [6, 6.07) is 3.97. The summed E-state index contributed by atoms with van der Waals surface area (Å²) < 4.78 is 30.3. The Hall–Kier alpha value is -2.95. The van der Waals surface area contributed by atoms with Crippen LogP contribution in [0.2, 0.25) is 5.02 Å². The Morgan fingerprint density at radius 3 is 2.55 bits per heavy atom. The first kappa shape index (κ1) is 21.9. The number of hydrogen-bond acceptors (Lipinski definition) is 6. The van der Waals surface area contributed by atoms with Crippen LogP contribution in [0.4, 0.5) is 5.82 Å². The predicted octanol–water partition coefficient (Wildman–Crippen LogP) is 3.45. The largest absolute Gasteiger partial charge is 0.355 e. The van der Waals surface area contributed by atoms with E-state index in [1.807, 2.05) is 37.3 Å². The van der Waals surface area contributed by atoms with E-state index in [1.165, 1.54) is 23.6 Å². The molecular formula is C22H24ClN7O2S. The van der Waals surface area contributed by atoms with Gasteiger partial charge in [-0.2, -0.15) is 17.8 Å². The molecule has 172 valence electrons. The Labute approximate surface area is 197 Å². The second-order valence-electron chi connectivity index (χ2n) is 8.61. The predicted molar refractivity (Wildman–Crippen MR) is 131 cm³/mol. The zero-order valence-corrected chi connectivity index (χ0v) is 20.4. The third-order valence-electron chi connectivity index (χ3n) is 6.15. The number of anilines is 1. The van der Waals surface area contributed by atoms with Crippen LogP contribution >= 0.6 is 11.6 Å². The molecule has 33 heavy (non-hydrogen) atoms. The lowest BCUT2D eigenvalue weighted by Gasteiger charge is -2.37. The minimum atomic E-state index is -3.85. The Morgan fingerprint density at radius 1 is 1.15 bits per heavy atom. The van der Waals surface area contributed by atoms with Crippen molar-refractivity contribution in [2.24, 2.45) is 7.05 Å². The van der Waals surface area contributed by atoms with Gasteiger partial charge in [-0.25, -0.2) is 13.9 Å². The molecule has 4 aromatic rings. The fourth-order valence-corrected chi connectivity index (χ4v) is 5.37. The van der Waals surface area contributed by atoms with E-state index < -0.39 is 10.2 Å². The van der Waals surface area contributed by atoms with E-state index >= 15 is 0 Å². The molecule has 9 nitrogen and oxygen atoms in total. The lowest BCUT2D eigenvalue weighted by Crippen LogP contribution is -2.39.